The third kappa shape index (κ3) is 4.81. The van der Waals surface area contributed by atoms with Crippen molar-refractivity contribution in [2.24, 2.45) is 0 Å². The molecule has 0 radical (unpaired) electrons. The van der Waals surface area contributed by atoms with E-state index >= 15 is 0 Å². The van der Waals surface area contributed by atoms with E-state index in [9.17, 15) is 4.79 Å². The fourth-order valence-electron chi connectivity index (χ4n) is 3.07. The fourth-order valence-corrected chi connectivity index (χ4v) is 3.07. The number of benzene rings is 1. The monoisotopic (exact) mass is 342 g/mol. The molecule has 25 heavy (non-hydrogen) atoms. The first-order chi connectivity index (χ1) is 12.3. The Labute approximate surface area is 148 Å². The Balaban J connectivity index is 1.41. The summed E-state index contributed by atoms with van der Waals surface area (Å²) in [6.45, 7) is 3.68. The lowest BCUT2D eigenvalue weighted by atomic mass is 10.2. The van der Waals surface area contributed by atoms with Gasteiger partial charge in [-0.1, -0.05) is 25.5 Å². The van der Waals surface area contributed by atoms with Crippen LogP contribution in [0.4, 0.5) is 0 Å². The molecule has 134 valence electrons. The Morgan fingerprint density at radius 1 is 1.20 bits per heavy atom. The van der Waals surface area contributed by atoms with Crippen molar-refractivity contribution < 1.29 is 9.53 Å². The maximum atomic E-state index is 11.9. The van der Waals surface area contributed by atoms with E-state index in [4.69, 9.17) is 4.74 Å². The van der Waals surface area contributed by atoms with E-state index in [1.54, 1.807) is 0 Å². The molecule has 2 heterocycles. The minimum atomic E-state index is -0.116. The number of ether oxygens (including phenoxy) is 1. The number of nitrogens with zero attached hydrogens (tertiary/aromatic N) is 3. The standard InChI is InChI=1S/C19H26N4O2/c1-2-15-7-9-16(10-8-15)25-14-19(24)20-12-11-18-22-21-17-6-4-3-5-13-23(17)18/h7-10H,2-6,11-14H2,1H3,(H,20,24). The highest BCUT2D eigenvalue weighted by Crippen LogP contribution is 2.14. The predicted molar refractivity (Wildman–Crippen MR) is 95.6 cm³/mol. The van der Waals surface area contributed by atoms with E-state index in [0.29, 0.717) is 13.0 Å². The smallest absolute Gasteiger partial charge is 0.257 e. The summed E-state index contributed by atoms with van der Waals surface area (Å²) in [6.07, 6.45) is 6.30. The number of nitrogens with one attached hydrogen (secondary N) is 1. The lowest BCUT2D eigenvalue weighted by Gasteiger charge is -2.09. The first kappa shape index (κ1) is 17.5. The van der Waals surface area contributed by atoms with Crippen LogP contribution in [0.25, 0.3) is 0 Å². The maximum Gasteiger partial charge on any atom is 0.257 e. The summed E-state index contributed by atoms with van der Waals surface area (Å²) >= 11 is 0. The van der Waals surface area contributed by atoms with Crippen LogP contribution in [0.5, 0.6) is 5.75 Å². The molecule has 1 aromatic carbocycles. The van der Waals surface area contributed by atoms with Gasteiger partial charge >= 0.3 is 0 Å². The zero-order chi connectivity index (χ0) is 17.5. The molecule has 0 atom stereocenters. The van der Waals surface area contributed by atoms with Gasteiger partial charge in [-0.05, 0) is 37.0 Å². The van der Waals surface area contributed by atoms with E-state index in [0.717, 1.165) is 36.8 Å². The van der Waals surface area contributed by atoms with E-state index < -0.39 is 0 Å². The molecule has 0 aliphatic carbocycles. The molecule has 1 aliphatic rings. The maximum absolute atomic E-state index is 11.9. The van der Waals surface area contributed by atoms with Crippen LogP contribution in [-0.2, 0) is 30.6 Å². The van der Waals surface area contributed by atoms with Crippen molar-refractivity contribution >= 4 is 5.91 Å². The Morgan fingerprint density at radius 2 is 2.04 bits per heavy atom. The lowest BCUT2D eigenvalue weighted by molar-refractivity contribution is -0.123. The van der Waals surface area contributed by atoms with Gasteiger partial charge in [0.15, 0.2) is 6.61 Å². The molecule has 3 rings (SSSR count). The zero-order valence-electron chi connectivity index (χ0n) is 14.8. The molecule has 0 saturated heterocycles. The van der Waals surface area contributed by atoms with Gasteiger partial charge in [0.25, 0.3) is 5.91 Å². The average Bonchev–Trinajstić information content (AvgIpc) is 2.87. The molecule has 6 nitrogen and oxygen atoms in total. The van der Waals surface area contributed by atoms with Crippen LogP contribution in [-0.4, -0.2) is 33.8 Å². The van der Waals surface area contributed by atoms with E-state index in [2.05, 4.69) is 27.0 Å². The molecule has 1 amide bonds. The molecule has 0 fully saturated rings. The predicted octanol–water partition coefficient (Wildman–Crippen LogP) is 2.30. The average molecular weight is 342 g/mol. The molecule has 1 aliphatic heterocycles. The minimum Gasteiger partial charge on any atom is -0.484 e. The van der Waals surface area contributed by atoms with Crippen LogP contribution in [0.1, 0.15) is 43.4 Å². The van der Waals surface area contributed by atoms with Crippen molar-refractivity contribution in [2.75, 3.05) is 13.2 Å². The van der Waals surface area contributed by atoms with Crippen LogP contribution in [0.3, 0.4) is 0 Å². The number of hydrogen-bond acceptors (Lipinski definition) is 4. The number of carbonyl (C=O) groups excluding carboxylic acids is 1. The highest BCUT2D eigenvalue weighted by molar-refractivity contribution is 5.77. The summed E-state index contributed by atoms with van der Waals surface area (Å²) in [4.78, 5) is 11.9. The summed E-state index contributed by atoms with van der Waals surface area (Å²) in [5.41, 5.74) is 1.25. The largest absolute Gasteiger partial charge is 0.484 e. The second-order valence-corrected chi connectivity index (χ2v) is 6.38. The quantitative estimate of drug-likeness (QED) is 0.838. The zero-order valence-corrected chi connectivity index (χ0v) is 14.8. The fraction of sp³-hybridized carbons (Fsp3) is 0.526. The summed E-state index contributed by atoms with van der Waals surface area (Å²) in [5, 5.41) is 11.4. The van der Waals surface area contributed by atoms with Crippen molar-refractivity contribution in [1.29, 1.82) is 0 Å². The molecular weight excluding hydrogens is 316 g/mol. The minimum absolute atomic E-state index is 0.0312. The van der Waals surface area contributed by atoms with E-state index in [1.165, 1.54) is 24.8 Å². The summed E-state index contributed by atoms with van der Waals surface area (Å²) in [6, 6.07) is 7.84. The summed E-state index contributed by atoms with van der Waals surface area (Å²) < 4.78 is 7.73. The molecule has 2 aromatic rings. The number of carbonyl (C=O) groups is 1. The first-order valence-corrected chi connectivity index (χ1v) is 9.15. The second kappa shape index (κ2) is 8.65. The molecule has 0 saturated carbocycles. The summed E-state index contributed by atoms with van der Waals surface area (Å²) in [7, 11) is 0. The van der Waals surface area contributed by atoms with Crippen molar-refractivity contribution in [3.63, 3.8) is 0 Å². The van der Waals surface area contributed by atoms with Gasteiger partial charge in [-0.2, -0.15) is 0 Å². The van der Waals surface area contributed by atoms with Crippen molar-refractivity contribution in [3.8, 4) is 5.75 Å². The van der Waals surface area contributed by atoms with Gasteiger partial charge in [0, 0.05) is 25.9 Å². The number of rotatable bonds is 7. The van der Waals surface area contributed by atoms with Crippen LogP contribution in [0.2, 0.25) is 0 Å². The van der Waals surface area contributed by atoms with Gasteiger partial charge in [0.2, 0.25) is 0 Å². The molecule has 0 spiro atoms. The molecule has 1 aromatic heterocycles. The Morgan fingerprint density at radius 3 is 2.84 bits per heavy atom. The van der Waals surface area contributed by atoms with Gasteiger partial charge in [-0.25, -0.2) is 0 Å². The van der Waals surface area contributed by atoms with Gasteiger partial charge in [-0.3, -0.25) is 4.79 Å². The van der Waals surface area contributed by atoms with Crippen LogP contribution in [0.15, 0.2) is 24.3 Å². The number of hydrogen-bond donors (Lipinski definition) is 1. The van der Waals surface area contributed by atoms with Gasteiger partial charge in [0.05, 0.1) is 0 Å². The normalized spacial score (nSPS) is 13.8. The van der Waals surface area contributed by atoms with E-state index in [-0.39, 0.29) is 12.5 Å². The van der Waals surface area contributed by atoms with Gasteiger partial charge in [-0.15, -0.1) is 10.2 Å². The molecule has 6 heteroatoms. The Hall–Kier alpha value is -2.37. The number of fused-ring (bicyclic) bond motifs is 1. The molecule has 0 bridgehead atoms. The SMILES string of the molecule is CCc1ccc(OCC(=O)NCCc2nnc3n2CCCCC3)cc1. The third-order valence-electron chi connectivity index (χ3n) is 4.56. The van der Waals surface area contributed by atoms with Crippen LogP contribution < -0.4 is 10.1 Å². The summed E-state index contributed by atoms with van der Waals surface area (Å²) in [5.74, 6) is 2.65. The highest BCUT2D eigenvalue weighted by atomic mass is 16.5. The topological polar surface area (TPSA) is 69.0 Å². The lowest BCUT2D eigenvalue weighted by Crippen LogP contribution is -2.31. The van der Waals surface area contributed by atoms with Crippen molar-refractivity contribution in [3.05, 3.63) is 41.5 Å². The number of aryl methyl sites for hydroxylation is 2. The molecular formula is C19H26N4O2. The van der Waals surface area contributed by atoms with Gasteiger partial charge < -0.3 is 14.6 Å². The Kier molecular flexibility index (Phi) is 6.04. The molecule has 1 N–H and O–H groups in total. The van der Waals surface area contributed by atoms with Crippen LogP contribution in [0, 0.1) is 0 Å². The first-order valence-electron chi connectivity index (χ1n) is 9.15. The number of aromatic nitrogens is 3. The van der Waals surface area contributed by atoms with Crippen LogP contribution >= 0.6 is 0 Å². The second-order valence-electron chi connectivity index (χ2n) is 6.38. The third-order valence-corrected chi connectivity index (χ3v) is 4.56. The van der Waals surface area contributed by atoms with Crippen molar-refractivity contribution in [1.82, 2.24) is 20.1 Å². The Bertz CT molecular complexity index is 694. The van der Waals surface area contributed by atoms with Gasteiger partial charge in [0.1, 0.15) is 17.4 Å². The molecule has 0 unspecified atom stereocenters. The van der Waals surface area contributed by atoms with Crippen molar-refractivity contribution in [2.45, 2.75) is 52.0 Å². The number of amides is 1. The van der Waals surface area contributed by atoms with E-state index in [1.807, 2.05) is 24.3 Å². The highest BCUT2D eigenvalue weighted by Gasteiger charge is 2.14.